The number of aryl methyl sites for hydroxylation is 1. The lowest BCUT2D eigenvalue weighted by atomic mass is 10.0. The number of aromatic amines is 1. The Balaban J connectivity index is 2.24. The number of H-pyrrole nitrogens is 1. The first-order valence-electron chi connectivity index (χ1n) is 6.23. The van der Waals surface area contributed by atoms with E-state index in [2.05, 4.69) is 23.0 Å². The van der Waals surface area contributed by atoms with E-state index in [1.807, 2.05) is 6.07 Å². The first-order valence-corrected chi connectivity index (χ1v) is 6.23. The molecule has 1 aromatic carbocycles. The monoisotopic (exact) mass is 244 g/mol. The Hall–Kier alpha value is -1.68. The number of fused-ring (bicyclic) bond motifs is 2. The van der Waals surface area contributed by atoms with Crippen LogP contribution in [0.25, 0.3) is 10.9 Å². The number of rotatable bonds is 2. The zero-order chi connectivity index (χ0) is 12.7. The summed E-state index contributed by atoms with van der Waals surface area (Å²) >= 11 is 0. The third-order valence-corrected chi connectivity index (χ3v) is 3.67. The lowest BCUT2D eigenvalue weighted by Crippen LogP contribution is -2.13. The zero-order valence-electron chi connectivity index (χ0n) is 10.6. The van der Waals surface area contributed by atoms with Gasteiger partial charge in [0, 0.05) is 7.11 Å². The summed E-state index contributed by atoms with van der Waals surface area (Å²) in [5, 5.41) is 0.683. The van der Waals surface area contributed by atoms with E-state index in [-0.39, 0.29) is 5.56 Å². The van der Waals surface area contributed by atoms with Gasteiger partial charge >= 0.3 is 0 Å². The fourth-order valence-electron chi connectivity index (χ4n) is 2.70. The van der Waals surface area contributed by atoms with Crippen molar-refractivity contribution < 1.29 is 4.74 Å². The van der Waals surface area contributed by atoms with Gasteiger partial charge in [0.1, 0.15) is 12.4 Å². The van der Waals surface area contributed by atoms with Crippen molar-refractivity contribution in [3.8, 4) is 0 Å². The fraction of sp³-hybridized carbons (Fsp3) is 0.429. The summed E-state index contributed by atoms with van der Waals surface area (Å²) in [4.78, 5) is 19.2. The van der Waals surface area contributed by atoms with Gasteiger partial charge in [0.05, 0.1) is 10.9 Å². The van der Waals surface area contributed by atoms with Gasteiger partial charge in [-0.05, 0) is 42.0 Å². The van der Waals surface area contributed by atoms with Crippen LogP contribution in [0.2, 0.25) is 0 Å². The summed E-state index contributed by atoms with van der Waals surface area (Å²) in [5.74, 6) is 1.13. The van der Waals surface area contributed by atoms with Crippen LogP contribution in [0.15, 0.2) is 16.9 Å². The summed E-state index contributed by atoms with van der Waals surface area (Å²) in [6.07, 6.45) is 2.25. The molecule has 4 heteroatoms. The van der Waals surface area contributed by atoms with Crippen molar-refractivity contribution in [1.82, 2.24) is 9.97 Å². The second-order valence-corrected chi connectivity index (χ2v) is 4.95. The van der Waals surface area contributed by atoms with Crippen molar-refractivity contribution in [2.75, 3.05) is 7.11 Å². The molecule has 1 N–H and O–H groups in total. The number of methoxy groups -OCH3 is 1. The lowest BCUT2D eigenvalue weighted by Gasteiger charge is -2.07. The van der Waals surface area contributed by atoms with Gasteiger partial charge in [0.25, 0.3) is 5.56 Å². The predicted molar refractivity (Wildman–Crippen MR) is 69.8 cm³/mol. The molecule has 0 amide bonds. The van der Waals surface area contributed by atoms with Crippen LogP contribution in [-0.4, -0.2) is 17.1 Å². The normalized spacial score (nSPS) is 18.2. The second kappa shape index (κ2) is 4.21. The minimum Gasteiger partial charge on any atom is -0.377 e. The van der Waals surface area contributed by atoms with Gasteiger partial charge in [-0.3, -0.25) is 4.79 Å². The Morgan fingerprint density at radius 1 is 1.50 bits per heavy atom. The van der Waals surface area contributed by atoms with Crippen molar-refractivity contribution in [2.24, 2.45) is 0 Å². The Morgan fingerprint density at radius 2 is 2.33 bits per heavy atom. The number of hydrogen-bond donors (Lipinski definition) is 1. The summed E-state index contributed by atoms with van der Waals surface area (Å²) < 4.78 is 5.01. The smallest absolute Gasteiger partial charge is 0.258 e. The highest BCUT2D eigenvalue weighted by Crippen LogP contribution is 2.34. The first kappa shape index (κ1) is 11.4. The quantitative estimate of drug-likeness (QED) is 0.880. The fourth-order valence-corrected chi connectivity index (χ4v) is 2.70. The van der Waals surface area contributed by atoms with E-state index in [9.17, 15) is 4.79 Å². The maximum atomic E-state index is 12.0. The average molecular weight is 244 g/mol. The van der Waals surface area contributed by atoms with Gasteiger partial charge in [-0.25, -0.2) is 4.98 Å². The molecule has 0 saturated heterocycles. The molecule has 1 aliphatic carbocycles. The molecule has 0 fully saturated rings. The third-order valence-electron chi connectivity index (χ3n) is 3.67. The Kier molecular flexibility index (Phi) is 2.67. The van der Waals surface area contributed by atoms with E-state index in [1.54, 1.807) is 7.11 Å². The van der Waals surface area contributed by atoms with E-state index in [0.717, 1.165) is 18.4 Å². The van der Waals surface area contributed by atoms with E-state index in [0.29, 0.717) is 23.7 Å². The first-order chi connectivity index (χ1) is 8.69. The highest BCUT2D eigenvalue weighted by atomic mass is 16.5. The van der Waals surface area contributed by atoms with Gasteiger partial charge in [0.2, 0.25) is 0 Å². The molecule has 1 unspecified atom stereocenters. The van der Waals surface area contributed by atoms with Crippen molar-refractivity contribution in [3.05, 3.63) is 39.4 Å². The average Bonchev–Trinajstić information content (AvgIpc) is 2.69. The van der Waals surface area contributed by atoms with Crippen LogP contribution >= 0.6 is 0 Å². The van der Waals surface area contributed by atoms with E-state index < -0.39 is 0 Å². The number of aromatic nitrogens is 2. The summed E-state index contributed by atoms with van der Waals surface area (Å²) in [5.41, 5.74) is 3.33. The molecule has 0 bridgehead atoms. The highest BCUT2D eigenvalue weighted by molar-refractivity contribution is 5.80. The molecule has 1 atom stereocenters. The Labute approximate surface area is 105 Å². The number of ether oxygens (including phenoxy) is 1. The molecule has 0 spiro atoms. The van der Waals surface area contributed by atoms with Crippen LogP contribution in [0, 0.1) is 0 Å². The molecule has 1 aromatic heterocycles. The Bertz CT molecular complexity index is 661. The van der Waals surface area contributed by atoms with Crippen molar-refractivity contribution in [3.63, 3.8) is 0 Å². The van der Waals surface area contributed by atoms with Gasteiger partial charge in [-0.1, -0.05) is 6.92 Å². The van der Waals surface area contributed by atoms with E-state index >= 15 is 0 Å². The molecule has 4 nitrogen and oxygen atoms in total. The molecular formula is C14H16N2O2. The number of nitrogens with one attached hydrogen (secondary N) is 1. The molecule has 94 valence electrons. The lowest BCUT2D eigenvalue weighted by molar-refractivity contribution is 0.178. The van der Waals surface area contributed by atoms with Crippen molar-refractivity contribution >= 4 is 10.9 Å². The minimum absolute atomic E-state index is 0.0750. The molecule has 1 heterocycles. The number of nitrogens with zero attached hydrogens (tertiary/aromatic N) is 1. The molecule has 18 heavy (non-hydrogen) atoms. The summed E-state index contributed by atoms with van der Waals surface area (Å²) in [7, 11) is 1.59. The van der Waals surface area contributed by atoms with Crippen LogP contribution in [0.4, 0.5) is 0 Å². The van der Waals surface area contributed by atoms with Crippen molar-refractivity contribution in [1.29, 1.82) is 0 Å². The maximum Gasteiger partial charge on any atom is 0.258 e. The summed E-state index contributed by atoms with van der Waals surface area (Å²) in [6.45, 7) is 2.54. The van der Waals surface area contributed by atoms with Crippen LogP contribution in [0.3, 0.4) is 0 Å². The zero-order valence-corrected chi connectivity index (χ0v) is 10.6. The van der Waals surface area contributed by atoms with Gasteiger partial charge in [0.15, 0.2) is 0 Å². The standard InChI is InChI=1S/C14H16N2O2/c1-8-3-4-9-5-12-11(6-10(8)9)14(17)16-13(15-12)7-18-2/h5-6,8H,3-4,7H2,1-2H3,(H,15,16,17). The summed E-state index contributed by atoms with van der Waals surface area (Å²) in [6, 6.07) is 4.06. The molecule has 0 aliphatic heterocycles. The topological polar surface area (TPSA) is 55.0 Å². The minimum atomic E-state index is -0.0750. The molecule has 2 aromatic rings. The van der Waals surface area contributed by atoms with E-state index in [4.69, 9.17) is 4.74 Å². The molecule has 1 aliphatic rings. The third kappa shape index (κ3) is 1.73. The predicted octanol–water partition coefficient (Wildman–Crippen LogP) is 2.12. The van der Waals surface area contributed by atoms with Gasteiger partial charge < -0.3 is 9.72 Å². The van der Waals surface area contributed by atoms with Gasteiger partial charge in [-0.15, -0.1) is 0 Å². The number of hydrogen-bond acceptors (Lipinski definition) is 3. The SMILES string of the molecule is COCc1nc2cc3c(cc2c(=O)[nH]1)C(C)CC3. The maximum absolute atomic E-state index is 12.0. The molecular weight excluding hydrogens is 228 g/mol. The van der Waals surface area contributed by atoms with Crippen LogP contribution in [-0.2, 0) is 17.8 Å². The van der Waals surface area contributed by atoms with Crippen LogP contribution in [0.5, 0.6) is 0 Å². The molecule has 0 radical (unpaired) electrons. The number of benzene rings is 1. The largest absolute Gasteiger partial charge is 0.377 e. The van der Waals surface area contributed by atoms with Crippen LogP contribution in [0.1, 0.15) is 36.2 Å². The Morgan fingerprint density at radius 3 is 3.11 bits per heavy atom. The van der Waals surface area contributed by atoms with E-state index in [1.165, 1.54) is 11.1 Å². The highest BCUT2D eigenvalue weighted by Gasteiger charge is 2.20. The van der Waals surface area contributed by atoms with Crippen LogP contribution < -0.4 is 5.56 Å². The van der Waals surface area contributed by atoms with Gasteiger partial charge in [-0.2, -0.15) is 0 Å². The van der Waals surface area contributed by atoms with Crippen molar-refractivity contribution in [2.45, 2.75) is 32.3 Å². The molecule has 0 saturated carbocycles. The second-order valence-electron chi connectivity index (χ2n) is 4.95. The molecule has 3 rings (SSSR count).